The number of rotatable bonds is 5. The highest BCUT2D eigenvalue weighted by atomic mass is 15.2. The van der Waals surface area contributed by atoms with Crippen LogP contribution in [0.5, 0.6) is 0 Å². The molecule has 1 atom stereocenters. The molecule has 0 aliphatic rings. The Balaban J connectivity index is 1.94. The van der Waals surface area contributed by atoms with Crippen LogP contribution in [0.15, 0.2) is 30.6 Å². The van der Waals surface area contributed by atoms with E-state index >= 15 is 0 Å². The molecule has 1 heterocycles. The Morgan fingerprint density at radius 1 is 1.11 bits per heavy atom. The van der Waals surface area contributed by atoms with Crippen molar-refractivity contribution in [2.24, 2.45) is 0 Å². The van der Waals surface area contributed by atoms with Crippen molar-refractivity contribution in [1.29, 1.82) is 0 Å². The van der Waals surface area contributed by atoms with E-state index in [0.29, 0.717) is 18.5 Å². The predicted octanol–water partition coefficient (Wildman–Crippen LogP) is 2.78. The zero-order chi connectivity index (χ0) is 13.0. The van der Waals surface area contributed by atoms with Crippen LogP contribution in [0, 0.1) is 0 Å². The molecule has 0 radical (unpaired) electrons. The molecule has 0 saturated heterocycles. The summed E-state index contributed by atoms with van der Waals surface area (Å²) < 4.78 is 0. The first kappa shape index (κ1) is 12.8. The molecule has 2 aromatic rings. The van der Waals surface area contributed by atoms with E-state index in [1.807, 2.05) is 0 Å². The Kier molecular flexibility index (Phi) is 4.10. The number of H-pyrrole nitrogens is 1. The Hall–Kier alpha value is -1.68. The van der Waals surface area contributed by atoms with Crippen LogP contribution in [0.2, 0.25) is 0 Å². The maximum atomic E-state index is 4.09. The first-order valence-electron chi connectivity index (χ1n) is 6.34. The van der Waals surface area contributed by atoms with Crippen molar-refractivity contribution in [3.63, 3.8) is 0 Å². The van der Waals surface area contributed by atoms with Gasteiger partial charge in [-0.05, 0) is 24.0 Å². The number of hydrogen-bond acceptors (Lipinski definition) is 3. The molecule has 2 rings (SSSR count). The highest BCUT2D eigenvalue weighted by molar-refractivity contribution is 5.26. The van der Waals surface area contributed by atoms with Gasteiger partial charge in [0, 0.05) is 6.04 Å². The smallest absolute Gasteiger partial charge is 0.138 e. The van der Waals surface area contributed by atoms with Gasteiger partial charge in [-0.25, -0.2) is 4.98 Å². The summed E-state index contributed by atoms with van der Waals surface area (Å²) in [6.45, 7) is 7.27. The van der Waals surface area contributed by atoms with Crippen molar-refractivity contribution in [2.75, 3.05) is 0 Å². The van der Waals surface area contributed by atoms with E-state index in [2.05, 4.69) is 65.5 Å². The summed E-state index contributed by atoms with van der Waals surface area (Å²) >= 11 is 0. The second kappa shape index (κ2) is 5.78. The van der Waals surface area contributed by atoms with Crippen LogP contribution in [-0.2, 0) is 6.54 Å². The van der Waals surface area contributed by atoms with Gasteiger partial charge in [-0.2, -0.15) is 5.10 Å². The lowest BCUT2D eigenvalue weighted by Crippen LogP contribution is -2.18. The average molecular weight is 244 g/mol. The SMILES string of the molecule is CC(C)c1ccc(C(C)NCc2ncn[nH]2)cc1. The molecule has 4 heteroatoms. The highest BCUT2D eigenvalue weighted by Crippen LogP contribution is 2.18. The summed E-state index contributed by atoms with van der Waals surface area (Å²) in [6, 6.07) is 9.08. The summed E-state index contributed by atoms with van der Waals surface area (Å²) in [5, 5.41) is 10.1. The summed E-state index contributed by atoms with van der Waals surface area (Å²) in [7, 11) is 0. The van der Waals surface area contributed by atoms with Crippen molar-refractivity contribution in [3.8, 4) is 0 Å². The fourth-order valence-electron chi connectivity index (χ4n) is 1.85. The fourth-order valence-corrected chi connectivity index (χ4v) is 1.85. The first-order valence-corrected chi connectivity index (χ1v) is 6.34. The second-order valence-electron chi connectivity index (χ2n) is 4.86. The molecule has 1 unspecified atom stereocenters. The molecule has 96 valence electrons. The maximum absolute atomic E-state index is 4.09. The lowest BCUT2D eigenvalue weighted by Gasteiger charge is -2.14. The van der Waals surface area contributed by atoms with Gasteiger partial charge < -0.3 is 5.32 Å². The van der Waals surface area contributed by atoms with Crippen LogP contribution in [-0.4, -0.2) is 15.2 Å². The van der Waals surface area contributed by atoms with Crippen LogP contribution >= 0.6 is 0 Å². The van der Waals surface area contributed by atoms with Gasteiger partial charge in [0.05, 0.1) is 6.54 Å². The zero-order valence-corrected chi connectivity index (χ0v) is 11.1. The number of benzene rings is 1. The van der Waals surface area contributed by atoms with E-state index in [1.54, 1.807) is 0 Å². The van der Waals surface area contributed by atoms with Gasteiger partial charge in [0.25, 0.3) is 0 Å². The van der Waals surface area contributed by atoms with Crippen molar-refractivity contribution >= 4 is 0 Å². The van der Waals surface area contributed by atoms with Crippen LogP contribution in [0.25, 0.3) is 0 Å². The minimum Gasteiger partial charge on any atom is -0.303 e. The van der Waals surface area contributed by atoms with E-state index < -0.39 is 0 Å². The lowest BCUT2D eigenvalue weighted by molar-refractivity contribution is 0.560. The molecular formula is C14H20N4. The monoisotopic (exact) mass is 244 g/mol. The predicted molar refractivity (Wildman–Crippen MR) is 72.2 cm³/mol. The molecule has 0 saturated carbocycles. The molecular weight excluding hydrogens is 224 g/mol. The van der Waals surface area contributed by atoms with Crippen molar-refractivity contribution in [2.45, 2.75) is 39.3 Å². The molecule has 1 aromatic carbocycles. The molecule has 0 fully saturated rings. The molecule has 0 aliphatic carbocycles. The molecule has 0 spiro atoms. The molecule has 2 N–H and O–H groups in total. The third kappa shape index (κ3) is 3.17. The van der Waals surface area contributed by atoms with Crippen molar-refractivity contribution in [3.05, 3.63) is 47.5 Å². The average Bonchev–Trinajstić information content (AvgIpc) is 2.89. The summed E-state index contributed by atoms with van der Waals surface area (Å²) in [6.07, 6.45) is 1.53. The number of nitrogens with one attached hydrogen (secondary N) is 2. The van der Waals surface area contributed by atoms with E-state index in [-0.39, 0.29) is 0 Å². The topological polar surface area (TPSA) is 53.6 Å². The third-order valence-electron chi connectivity index (χ3n) is 3.14. The van der Waals surface area contributed by atoms with E-state index in [9.17, 15) is 0 Å². The van der Waals surface area contributed by atoms with E-state index in [0.717, 1.165) is 5.82 Å². The van der Waals surface area contributed by atoms with Gasteiger partial charge in [-0.3, -0.25) is 5.10 Å². The van der Waals surface area contributed by atoms with E-state index in [1.165, 1.54) is 17.5 Å². The molecule has 0 amide bonds. The molecule has 18 heavy (non-hydrogen) atoms. The second-order valence-corrected chi connectivity index (χ2v) is 4.86. The number of aromatic nitrogens is 3. The van der Waals surface area contributed by atoms with Gasteiger partial charge in [-0.15, -0.1) is 0 Å². The van der Waals surface area contributed by atoms with Crippen molar-refractivity contribution in [1.82, 2.24) is 20.5 Å². The number of aromatic amines is 1. The first-order chi connectivity index (χ1) is 8.66. The Bertz CT molecular complexity index is 459. The van der Waals surface area contributed by atoms with Gasteiger partial charge in [0.1, 0.15) is 12.2 Å². The Morgan fingerprint density at radius 2 is 1.78 bits per heavy atom. The fraction of sp³-hybridized carbons (Fsp3) is 0.429. The third-order valence-corrected chi connectivity index (χ3v) is 3.14. The van der Waals surface area contributed by atoms with Gasteiger partial charge in [0.15, 0.2) is 0 Å². The molecule has 0 bridgehead atoms. The minimum absolute atomic E-state index is 0.302. The van der Waals surface area contributed by atoms with Gasteiger partial charge >= 0.3 is 0 Å². The van der Waals surface area contributed by atoms with Gasteiger partial charge in [-0.1, -0.05) is 38.1 Å². The molecule has 0 aliphatic heterocycles. The van der Waals surface area contributed by atoms with Crippen LogP contribution in [0.3, 0.4) is 0 Å². The normalized spacial score (nSPS) is 12.9. The highest BCUT2D eigenvalue weighted by Gasteiger charge is 2.06. The summed E-state index contributed by atoms with van der Waals surface area (Å²) in [5.41, 5.74) is 2.67. The Morgan fingerprint density at radius 3 is 2.33 bits per heavy atom. The minimum atomic E-state index is 0.302. The number of hydrogen-bond donors (Lipinski definition) is 2. The zero-order valence-electron chi connectivity index (χ0n) is 11.1. The van der Waals surface area contributed by atoms with Gasteiger partial charge in [0.2, 0.25) is 0 Å². The number of nitrogens with zero attached hydrogens (tertiary/aromatic N) is 2. The maximum Gasteiger partial charge on any atom is 0.138 e. The summed E-state index contributed by atoms with van der Waals surface area (Å²) in [4.78, 5) is 4.09. The lowest BCUT2D eigenvalue weighted by atomic mass is 10.00. The molecule has 1 aromatic heterocycles. The Labute approximate surface area is 108 Å². The molecule has 4 nitrogen and oxygen atoms in total. The quantitative estimate of drug-likeness (QED) is 0.850. The van der Waals surface area contributed by atoms with Crippen LogP contribution in [0.4, 0.5) is 0 Å². The standard InChI is InChI=1S/C14H20N4/c1-10(2)12-4-6-13(7-5-12)11(3)15-8-14-16-9-17-18-14/h4-7,9-11,15H,8H2,1-3H3,(H,16,17,18). The largest absolute Gasteiger partial charge is 0.303 e. The van der Waals surface area contributed by atoms with Crippen LogP contribution in [0.1, 0.15) is 49.7 Å². The van der Waals surface area contributed by atoms with E-state index in [4.69, 9.17) is 0 Å². The summed E-state index contributed by atoms with van der Waals surface area (Å²) in [5.74, 6) is 1.44. The van der Waals surface area contributed by atoms with Crippen molar-refractivity contribution < 1.29 is 0 Å². The van der Waals surface area contributed by atoms with Crippen LogP contribution < -0.4 is 5.32 Å².